The fourth-order valence-electron chi connectivity index (χ4n) is 1.87. The fourth-order valence-corrected chi connectivity index (χ4v) is 1.87. The van der Waals surface area contributed by atoms with E-state index in [9.17, 15) is 0 Å². The van der Waals surface area contributed by atoms with Gasteiger partial charge >= 0.3 is 0 Å². The molecule has 5 N–H and O–H groups in total. The van der Waals surface area contributed by atoms with E-state index in [1.807, 2.05) is 13.8 Å². The minimum atomic E-state index is -0.231. The molecule has 114 valence electrons. The van der Waals surface area contributed by atoms with Gasteiger partial charge in [-0.3, -0.25) is 0 Å². The molecule has 0 bridgehead atoms. The summed E-state index contributed by atoms with van der Waals surface area (Å²) in [5.41, 5.74) is 5.41. The van der Waals surface area contributed by atoms with Crippen LogP contribution in [0.15, 0.2) is 5.16 Å². The van der Waals surface area contributed by atoms with E-state index in [0.29, 0.717) is 11.8 Å². The maximum Gasteiger partial charge on any atom is 0.144 e. The Bertz CT molecular complexity index is 255. The third-order valence-electron chi connectivity index (χ3n) is 3.57. The van der Waals surface area contributed by atoms with E-state index >= 15 is 0 Å². The Labute approximate surface area is 117 Å². The molecule has 0 aliphatic rings. The van der Waals surface area contributed by atoms with Crippen molar-refractivity contribution in [2.75, 3.05) is 19.7 Å². The van der Waals surface area contributed by atoms with E-state index in [2.05, 4.69) is 17.4 Å². The first kappa shape index (κ1) is 18.2. The van der Waals surface area contributed by atoms with Crippen molar-refractivity contribution in [2.24, 2.45) is 22.2 Å². The van der Waals surface area contributed by atoms with Gasteiger partial charge in [0, 0.05) is 12.0 Å². The summed E-state index contributed by atoms with van der Waals surface area (Å²) in [5, 5.41) is 24.0. The normalized spacial score (nSPS) is 14.6. The molecule has 0 amide bonds. The van der Waals surface area contributed by atoms with Gasteiger partial charge in [-0.25, -0.2) is 0 Å². The molecule has 1 atom stereocenters. The van der Waals surface area contributed by atoms with Crippen LogP contribution in [0.5, 0.6) is 0 Å². The molecular formula is C14H31N3O2. The van der Waals surface area contributed by atoms with Crippen molar-refractivity contribution >= 4 is 5.84 Å². The molecule has 0 radical (unpaired) electrons. The minimum absolute atomic E-state index is 0.231. The van der Waals surface area contributed by atoms with Crippen molar-refractivity contribution in [3.8, 4) is 0 Å². The third-order valence-corrected chi connectivity index (χ3v) is 3.57. The number of unbranched alkanes of at least 4 members (excludes halogenated alkanes) is 1. The smallest absolute Gasteiger partial charge is 0.144 e. The lowest BCUT2D eigenvalue weighted by molar-refractivity contribution is 0.228. The fraction of sp³-hybridized carbons (Fsp3) is 0.929. The van der Waals surface area contributed by atoms with Gasteiger partial charge in [-0.1, -0.05) is 32.3 Å². The maximum atomic E-state index is 8.89. The Morgan fingerprint density at radius 2 is 1.89 bits per heavy atom. The summed E-state index contributed by atoms with van der Waals surface area (Å²) in [4.78, 5) is 0. The Hall–Kier alpha value is -0.810. The van der Waals surface area contributed by atoms with Gasteiger partial charge in [0.05, 0.1) is 0 Å². The quantitative estimate of drug-likeness (QED) is 0.152. The number of nitrogens with two attached hydrogens (primary N) is 1. The first-order valence-corrected chi connectivity index (χ1v) is 7.23. The second-order valence-electron chi connectivity index (χ2n) is 6.01. The zero-order valence-corrected chi connectivity index (χ0v) is 12.7. The van der Waals surface area contributed by atoms with Crippen LogP contribution in [0, 0.1) is 11.3 Å². The number of aliphatic hydroxyl groups is 1. The molecule has 0 aromatic heterocycles. The lowest BCUT2D eigenvalue weighted by Crippen LogP contribution is -2.32. The molecule has 0 spiro atoms. The van der Waals surface area contributed by atoms with Crippen molar-refractivity contribution in [2.45, 2.75) is 52.9 Å². The monoisotopic (exact) mass is 273 g/mol. The van der Waals surface area contributed by atoms with E-state index in [4.69, 9.17) is 16.0 Å². The molecule has 0 heterocycles. The number of amidine groups is 1. The Morgan fingerprint density at radius 1 is 1.26 bits per heavy atom. The lowest BCUT2D eigenvalue weighted by Gasteiger charge is -2.22. The summed E-state index contributed by atoms with van der Waals surface area (Å²) in [5.74, 6) is 0.710. The summed E-state index contributed by atoms with van der Waals surface area (Å²) < 4.78 is 0. The van der Waals surface area contributed by atoms with Crippen molar-refractivity contribution in [1.82, 2.24) is 5.32 Å². The number of hydrogen-bond donors (Lipinski definition) is 4. The van der Waals surface area contributed by atoms with Gasteiger partial charge in [0.1, 0.15) is 5.84 Å². The first-order valence-electron chi connectivity index (χ1n) is 7.23. The van der Waals surface area contributed by atoms with Gasteiger partial charge in [-0.15, -0.1) is 0 Å². The number of oxime groups is 1. The van der Waals surface area contributed by atoms with Gasteiger partial charge in [-0.05, 0) is 44.7 Å². The zero-order chi connectivity index (χ0) is 14.7. The minimum Gasteiger partial charge on any atom is -0.409 e. The van der Waals surface area contributed by atoms with E-state index in [-0.39, 0.29) is 12.0 Å². The van der Waals surface area contributed by atoms with Crippen molar-refractivity contribution < 1.29 is 10.3 Å². The lowest BCUT2D eigenvalue weighted by atomic mass is 9.86. The predicted octanol–water partition coefficient (Wildman–Crippen LogP) is 1.93. The van der Waals surface area contributed by atoms with Crippen LogP contribution in [0.25, 0.3) is 0 Å². The summed E-state index contributed by atoms with van der Waals surface area (Å²) >= 11 is 0. The van der Waals surface area contributed by atoms with Crippen molar-refractivity contribution in [3.63, 3.8) is 0 Å². The zero-order valence-electron chi connectivity index (χ0n) is 12.7. The van der Waals surface area contributed by atoms with Crippen LogP contribution in [-0.4, -0.2) is 35.8 Å². The molecule has 0 fully saturated rings. The summed E-state index contributed by atoms with van der Waals surface area (Å²) in [6, 6.07) is 0. The molecule has 0 aromatic rings. The highest BCUT2D eigenvalue weighted by Crippen LogP contribution is 2.23. The van der Waals surface area contributed by atoms with Crippen molar-refractivity contribution in [3.05, 3.63) is 0 Å². The molecule has 0 aliphatic carbocycles. The van der Waals surface area contributed by atoms with Gasteiger partial charge in [-0.2, -0.15) is 0 Å². The van der Waals surface area contributed by atoms with Crippen LogP contribution in [0.3, 0.4) is 0 Å². The molecule has 0 saturated carbocycles. The molecule has 0 aliphatic heterocycles. The molecule has 5 nitrogen and oxygen atoms in total. The molecule has 19 heavy (non-hydrogen) atoms. The molecule has 0 rings (SSSR count). The van der Waals surface area contributed by atoms with E-state index in [1.165, 1.54) is 0 Å². The second kappa shape index (κ2) is 10.0. The molecule has 0 saturated heterocycles. The highest BCUT2D eigenvalue weighted by molar-refractivity contribution is 5.85. The highest BCUT2D eigenvalue weighted by Gasteiger charge is 2.22. The second-order valence-corrected chi connectivity index (χ2v) is 6.01. The van der Waals surface area contributed by atoms with Crippen LogP contribution in [-0.2, 0) is 0 Å². The average molecular weight is 273 g/mol. The van der Waals surface area contributed by atoms with Gasteiger partial charge < -0.3 is 21.4 Å². The third kappa shape index (κ3) is 8.83. The van der Waals surface area contributed by atoms with Crippen LogP contribution in [0.4, 0.5) is 0 Å². The van der Waals surface area contributed by atoms with E-state index in [1.54, 1.807) is 0 Å². The van der Waals surface area contributed by atoms with Gasteiger partial charge in [0.2, 0.25) is 0 Å². The summed E-state index contributed by atoms with van der Waals surface area (Å²) in [7, 11) is 0. The Kier molecular flexibility index (Phi) is 9.61. The van der Waals surface area contributed by atoms with E-state index < -0.39 is 0 Å². The van der Waals surface area contributed by atoms with E-state index in [0.717, 1.165) is 45.2 Å². The number of aliphatic hydroxyl groups excluding tert-OH is 1. The van der Waals surface area contributed by atoms with Crippen LogP contribution in [0.1, 0.15) is 52.9 Å². The summed E-state index contributed by atoms with van der Waals surface area (Å²) in [6.45, 7) is 8.34. The first-order chi connectivity index (χ1) is 8.94. The Balaban J connectivity index is 3.46. The topological polar surface area (TPSA) is 90.9 Å². The molecular weight excluding hydrogens is 242 g/mol. The number of hydrogen-bond acceptors (Lipinski definition) is 4. The van der Waals surface area contributed by atoms with Crippen LogP contribution in [0.2, 0.25) is 0 Å². The number of nitrogens with one attached hydrogen (secondary N) is 1. The van der Waals surface area contributed by atoms with Gasteiger partial charge in [0.25, 0.3) is 0 Å². The maximum absolute atomic E-state index is 8.89. The highest BCUT2D eigenvalue weighted by atomic mass is 16.4. The SMILES string of the molecule is CC(CO)CCCNCCCCC(C)(C)C(N)=NO. The van der Waals surface area contributed by atoms with Crippen molar-refractivity contribution in [1.29, 1.82) is 0 Å². The Morgan fingerprint density at radius 3 is 2.47 bits per heavy atom. The van der Waals surface area contributed by atoms with Gasteiger partial charge in [0.15, 0.2) is 0 Å². The number of rotatable bonds is 11. The average Bonchev–Trinajstić information content (AvgIpc) is 2.40. The summed E-state index contributed by atoms with van der Waals surface area (Å²) in [6.07, 6.45) is 5.25. The molecule has 1 unspecified atom stereocenters. The van der Waals surface area contributed by atoms with Crippen LogP contribution < -0.4 is 11.1 Å². The standard InChI is InChI=1S/C14H31N3O2/c1-12(11-18)7-6-10-16-9-5-4-8-14(2,3)13(15)17-19/h12,16,18-19H,4-11H2,1-3H3,(H2,15,17). The molecule has 0 aromatic carbocycles. The predicted molar refractivity (Wildman–Crippen MR) is 79.4 cm³/mol. The largest absolute Gasteiger partial charge is 0.409 e. The number of nitrogens with zero attached hydrogens (tertiary/aromatic N) is 1. The van der Waals surface area contributed by atoms with Crippen LogP contribution >= 0.6 is 0 Å². The molecule has 5 heteroatoms.